The molecular formula is C17H15N3O4S. The van der Waals surface area contributed by atoms with Crippen LogP contribution < -0.4 is 10.3 Å². The molecule has 2 aromatic heterocycles. The van der Waals surface area contributed by atoms with Gasteiger partial charge in [-0.2, -0.15) is 0 Å². The summed E-state index contributed by atoms with van der Waals surface area (Å²) < 4.78 is 6.95. The van der Waals surface area contributed by atoms with Gasteiger partial charge in [0.05, 0.1) is 23.4 Å². The molecule has 0 N–H and O–H groups in total. The van der Waals surface area contributed by atoms with Gasteiger partial charge in [-0.25, -0.2) is 4.98 Å². The van der Waals surface area contributed by atoms with E-state index in [4.69, 9.17) is 4.74 Å². The minimum atomic E-state index is -0.530. The van der Waals surface area contributed by atoms with Crippen molar-refractivity contribution in [1.82, 2.24) is 9.55 Å². The second-order valence-electron chi connectivity index (χ2n) is 5.44. The number of nitrogens with zero attached hydrogens (tertiary/aromatic N) is 3. The second-order valence-corrected chi connectivity index (χ2v) is 6.39. The van der Waals surface area contributed by atoms with Crippen LogP contribution >= 0.6 is 11.3 Å². The lowest BCUT2D eigenvalue weighted by molar-refractivity contribution is -0.385. The molecule has 0 radical (unpaired) electrons. The van der Waals surface area contributed by atoms with E-state index in [1.54, 1.807) is 0 Å². The van der Waals surface area contributed by atoms with Crippen molar-refractivity contribution >= 4 is 17.0 Å². The van der Waals surface area contributed by atoms with Crippen molar-refractivity contribution in [3.05, 3.63) is 84.7 Å². The Hall–Kier alpha value is -3.00. The number of rotatable bonds is 6. The Morgan fingerprint density at radius 1 is 1.24 bits per heavy atom. The van der Waals surface area contributed by atoms with Crippen LogP contribution in [-0.2, 0) is 13.2 Å². The Morgan fingerprint density at radius 2 is 2.00 bits per heavy atom. The maximum absolute atomic E-state index is 11.8. The average molecular weight is 357 g/mol. The number of aryl methyl sites for hydroxylation is 1. The third-order valence-corrected chi connectivity index (χ3v) is 4.36. The molecule has 3 rings (SSSR count). The van der Waals surface area contributed by atoms with Crippen LogP contribution in [0.5, 0.6) is 5.75 Å². The highest BCUT2D eigenvalue weighted by atomic mass is 32.1. The van der Waals surface area contributed by atoms with Gasteiger partial charge in [0.15, 0.2) is 0 Å². The zero-order valence-corrected chi connectivity index (χ0v) is 14.2. The monoisotopic (exact) mass is 357 g/mol. The minimum Gasteiger partial charge on any atom is -0.486 e. The standard InChI is InChI=1S/C17H15N3O4S/c1-12-2-5-15(6-3-12)24-10-16-18-13(11-25-16)8-19-9-14(20(22)23)4-7-17(19)21/h2-7,9,11H,8,10H2,1H3. The summed E-state index contributed by atoms with van der Waals surface area (Å²) in [7, 11) is 0. The van der Waals surface area contributed by atoms with Gasteiger partial charge in [0.2, 0.25) is 0 Å². The van der Waals surface area contributed by atoms with Crippen LogP contribution in [0.1, 0.15) is 16.3 Å². The van der Waals surface area contributed by atoms with Crippen molar-refractivity contribution in [3.8, 4) is 5.75 Å². The summed E-state index contributed by atoms with van der Waals surface area (Å²) in [5.41, 5.74) is 1.38. The molecule has 0 saturated heterocycles. The molecule has 25 heavy (non-hydrogen) atoms. The maximum Gasteiger partial charge on any atom is 0.285 e. The number of nitro groups is 1. The summed E-state index contributed by atoms with van der Waals surface area (Å²) in [5, 5.41) is 13.4. The maximum atomic E-state index is 11.8. The fourth-order valence-corrected chi connectivity index (χ4v) is 2.89. The van der Waals surface area contributed by atoms with Gasteiger partial charge in [-0.1, -0.05) is 17.7 Å². The van der Waals surface area contributed by atoms with E-state index in [2.05, 4.69) is 4.98 Å². The molecule has 8 heteroatoms. The number of ether oxygens (including phenoxy) is 1. The largest absolute Gasteiger partial charge is 0.486 e. The Balaban J connectivity index is 1.67. The number of thiazole rings is 1. The van der Waals surface area contributed by atoms with Gasteiger partial charge in [0, 0.05) is 17.5 Å². The third-order valence-electron chi connectivity index (χ3n) is 3.49. The summed E-state index contributed by atoms with van der Waals surface area (Å²) in [6.07, 6.45) is 1.23. The van der Waals surface area contributed by atoms with E-state index in [-0.39, 0.29) is 17.8 Å². The van der Waals surface area contributed by atoms with E-state index in [1.807, 2.05) is 36.6 Å². The molecule has 7 nitrogen and oxygen atoms in total. The number of benzene rings is 1. The fraction of sp³-hybridized carbons (Fsp3) is 0.176. The molecule has 2 heterocycles. The van der Waals surface area contributed by atoms with Crippen molar-refractivity contribution in [1.29, 1.82) is 0 Å². The van der Waals surface area contributed by atoms with E-state index < -0.39 is 4.92 Å². The van der Waals surface area contributed by atoms with Gasteiger partial charge < -0.3 is 9.30 Å². The Bertz CT molecular complexity index is 947. The van der Waals surface area contributed by atoms with Crippen LogP contribution in [0, 0.1) is 17.0 Å². The van der Waals surface area contributed by atoms with Gasteiger partial charge in [0.25, 0.3) is 11.2 Å². The topological polar surface area (TPSA) is 87.3 Å². The molecule has 1 aromatic carbocycles. The van der Waals surface area contributed by atoms with E-state index in [0.29, 0.717) is 12.3 Å². The number of pyridine rings is 1. The summed E-state index contributed by atoms with van der Waals surface area (Å²) in [6, 6.07) is 10.1. The van der Waals surface area contributed by atoms with Gasteiger partial charge in [0.1, 0.15) is 17.4 Å². The van der Waals surface area contributed by atoms with Crippen molar-refractivity contribution in [3.63, 3.8) is 0 Å². The highest BCUT2D eigenvalue weighted by Gasteiger charge is 2.10. The van der Waals surface area contributed by atoms with Crippen LogP contribution in [0.3, 0.4) is 0 Å². The quantitative estimate of drug-likeness (QED) is 0.499. The fourth-order valence-electron chi connectivity index (χ4n) is 2.19. The van der Waals surface area contributed by atoms with E-state index in [0.717, 1.165) is 16.3 Å². The first-order valence-corrected chi connectivity index (χ1v) is 8.37. The first kappa shape index (κ1) is 16.8. The third kappa shape index (κ3) is 4.30. The molecule has 0 fully saturated rings. The number of hydrogen-bond donors (Lipinski definition) is 0. The van der Waals surface area contributed by atoms with E-state index >= 15 is 0 Å². The summed E-state index contributed by atoms with van der Waals surface area (Å²) >= 11 is 1.42. The smallest absolute Gasteiger partial charge is 0.285 e. The molecule has 0 aliphatic carbocycles. The zero-order chi connectivity index (χ0) is 17.8. The van der Waals surface area contributed by atoms with Gasteiger partial charge >= 0.3 is 0 Å². The Kier molecular flexibility index (Phi) is 4.90. The summed E-state index contributed by atoms with van der Waals surface area (Å²) in [4.78, 5) is 26.5. The van der Waals surface area contributed by atoms with Crippen LogP contribution in [0.2, 0.25) is 0 Å². The molecular weight excluding hydrogens is 342 g/mol. The van der Waals surface area contributed by atoms with Gasteiger partial charge in [-0.05, 0) is 19.1 Å². The highest BCUT2D eigenvalue weighted by Crippen LogP contribution is 2.17. The molecule has 3 aromatic rings. The van der Waals surface area contributed by atoms with Crippen molar-refractivity contribution in [2.45, 2.75) is 20.1 Å². The molecule has 0 amide bonds. The molecule has 0 aliphatic heterocycles. The Morgan fingerprint density at radius 3 is 2.72 bits per heavy atom. The van der Waals surface area contributed by atoms with Crippen LogP contribution in [0.15, 0.2) is 52.8 Å². The molecule has 0 saturated carbocycles. The molecule has 0 atom stereocenters. The average Bonchev–Trinajstić information content (AvgIpc) is 3.03. The van der Waals surface area contributed by atoms with Crippen LogP contribution in [0.4, 0.5) is 5.69 Å². The lowest BCUT2D eigenvalue weighted by Crippen LogP contribution is -2.19. The van der Waals surface area contributed by atoms with Crippen molar-refractivity contribution in [2.75, 3.05) is 0 Å². The lowest BCUT2D eigenvalue weighted by atomic mass is 10.2. The number of hydrogen-bond acceptors (Lipinski definition) is 6. The lowest BCUT2D eigenvalue weighted by Gasteiger charge is -2.04. The minimum absolute atomic E-state index is 0.127. The van der Waals surface area contributed by atoms with Crippen LogP contribution in [0.25, 0.3) is 0 Å². The first-order chi connectivity index (χ1) is 12.0. The van der Waals surface area contributed by atoms with E-state index in [1.165, 1.54) is 34.2 Å². The molecule has 0 spiro atoms. The normalized spacial score (nSPS) is 10.6. The predicted molar refractivity (Wildman–Crippen MR) is 94.1 cm³/mol. The first-order valence-electron chi connectivity index (χ1n) is 7.49. The molecule has 128 valence electrons. The van der Waals surface area contributed by atoms with Gasteiger partial charge in [-0.15, -0.1) is 11.3 Å². The summed E-state index contributed by atoms with van der Waals surface area (Å²) in [5.74, 6) is 0.761. The summed E-state index contributed by atoms with van der Waals surface area (Å²) in [6.45, 7) is 2.52. The molecule has 0 unspecified atom stereocenters. The van der Waals surface area contributed by atoms with E-state index in [9.17, 15) is 14.9 Å². The van der Waals surface area contributed by atoms with Gasteiger partial charge in [-0.3, -0.25) is 14.9 Å². The Labute approximate surface area is 147 Å². The number of aromatic nitrogens is 2. The van der Waals surface area contributed by atoms with Crippen molar-refractivity contribution < 1.29 is 9.66 Å². The van der Waals surface area contributed by atoms with Crippen molar-refractivity contribution in [2.24, 2.45) is 0 Å². The highest BCUT2D eigenvalue weighted by molar-refractivity contribution is 7.09. The SMILES string of the molecule is Cc1ccc(OCc2nc(Cn3cc([N+](=O)[O-])ccc3=O)cs2)cc1. The molecule has 0 aliphatic rings. The predicted octanol–water partition coefficient (Wildman–Crippen LogP) is 3.15. The second kappa shape index (κ2) is 7.27. The molecule has 0 bridgehead atoms. The zero-order valence-electron chi connectivity index (χ0n) is 13.4. The van der Waals surface area contributed by atoms with Crippen LogP contribution in [-0.4, -0.2) is 14.5 Å².